The van der Waals surface area contributed by atoms with Gasteiger partial charge in [-0.05, 0) is 47.9 Å². The van der Waals surface area contributed by atoms with Gasteiger partial charge < -0.3 is 0 Å². The van der Waals surface area contributed by atoms with Crippen molar-refractivity contribution in [2.24, 2.45) is 0 Å². The van der Waals surface area contributed by atoms with Gasteiger partial charge >= 0.3 is 0 Å². The Morgan fingerprint density at radius 3 is 1.58 bits per heavy atom. The van der Waals surface area contributed by atoms with Crippen LogP contribution in [-0.4, -0.2) is 9.97 Å². The van der Waals surface area contributed by atoms with E-state index in [4.69, 9.17) is 0 Å². The summed E-state index contributed by atoms with van der Waals surface area (Å²) < 4.78 is 0. The first-order valence-corrected chi connectivity index (χ1v) is 9.81. The van der Waals surface area contributed by atoms with Crippen LogP contribution < -0.4 is 0 Å². The standard InChI is InChI=1S/C24H28N2/c1-3-5-7-19-9-11-21(12-10-19)22-13-15-23(16-14-22)24-25-17-20(18-26-24)8-6-4-2/h9-18H,3-8H2,1-2H3. The smallest absolute Gasteiger partial charge is 0.159 e. The zero-order valence-corrected chi connectivity index (χ0v) is 15.9. The molecular weight excluding hydrogens is 316 g/mol. The normalized spacial score (nSPS) is 10.8. The molecule has 26 heavy (non-hydrogen) atoms. The maximum Gasteiger partial charge on any atom is 0.159 e. The van der Waals surface area contributed by atoms with Gasteiger partial charge in [0.2, 0.25) is 0 Å². The molecule has 0 saturated heterocycles. The highest BCUT2D eigenvalue weighted by molar-refractivity contribution is 5.67. The van der Waals surface area contributed by atoms with Gasteiger partial charge in [0.25, 0.3) is 0 Å². The number of hydrogen-bond acceptors (Lipinski definition) is 2. The summed E-state index contributed by atoms with van der Waals surface area (Å²) in [4.78, 5) is 9.07. The van der Waals surface area contributed by atoms with Crippen molar-refractivity contribution in [3.8, 4) is 22.5 Å². The van der Waals surface area contributed by atoms with E-state index in [2.05, 4.69) is 72.3 Å². The monoisotopic (exact) mass is 344 g/mol. The molecule has 0 aliphatic rings. The molecule has 134 valence electrons. The first-order valence-electron chi connectivity index (χ1n) is 9.81. The van der Waals surface area contributed by atoms with Crippen LogP contribution in [0.25, 0.3) is 22.5 Å². The third-order valence-electron chi connectivity index (χ3n) is 4.77. The van der Waals surface area contributed by atoms with Crippen LogP contribution in [0.1, 0.15) is 50.7 Å². The van der Waals surface area contributed by atoms with Gasteiger partial charge in [0, 0.05) is 18.0 Å². The van der Waals surface area contributed by atoms with E-state index in [0.717, 1.165) is 17.8 Å². The van der Waals surface area contributed by atoms with Crippen molar-refractivity contribution in [2.45, 2.75) is 52.4 Å². The maximum atomic E-state index is 4.53. The molecule has 0 atom stereocenters. The number of hydrogen-bond donors (Lipinski definition) is 0. The fourth-order valence-corrected chi connectivity index (χ4v) is 3.07. The Morgan fingerprint density at radius 2 is 1.04 bits per heavy atom. The second-order valence-electron chi connectivity index (χ2n) is 6.90. The van der Waals surface area contributed by atoms with E-state index in [0.29, 0.717) is 0 Å². The molecule has 2 heteroatoms. The van der Waals surface area contributed by atoms with Crippen molar-refractivity contribution < 1.29 is 0 Å². The molecule has 0 saturated carbocycles. The molecule has 0 fully saturated rings. The summed E-state index contributed by atoms with van der Waals surface area (Å²) in [6.07, 6.45) is 11.0. The molecule has 1 aromatic heterocycles. The largest absolute Gasteiger partial charge is 0.236 e. The van der Waals surface area contributed by atoms with E-state index in [1.165, 1.54) is 54.4 Å². The summed E-state index contributed by atoms with van der Waals surface area (Å²) in [5, 5.41) is 0. The predicted molar refractivity (Wildman–Crippen MR) is 110 cm³/mol. The Kier molecular flexibility index (Phi) is 6.54. The lowest BCUT2D eigenvalue weighted by molar-refractivity contribution is 0.788. The molecule has 3 aromatic rings. The van der Waals surface area contributed by atoms with Gasteiger partial charge in [-0.15, -0.1) is 0 Å². The van der Waals surface area contributed by atoms with Gasteiger partial charge in [0.1, 0.15) is 0 Å². The highest BCUT2D eigenvalue weighted by atomic mass is 14.9. The molecule has 0 unspecified atom stereocenters. The predicted octanol–water partition coefficient (Wildman–Crippen LogP) is 6.50. The van der Waals surface area contributed by atoms with E-state index in [1.807, 2.05) is 12.4 Å². The van der Waals surface area contributed by atoms with Gasteiger partial charge in [0.15, 0.2) is 5.82 Å². The minimum atomic E-state index is 0.798. The molecule has 2 aromatic carbocycles. The van der Waals surface area contributed by atoms with Crippen LogP contribution in [0.15, 0.2) is 60.9 Å². The zero-order chi connectivity index (χ0) is 18.2. The second-order valence-corrected chi connectivity index (χ2v) is 6.90. The third-order valence-corrected chi connectivity index (χ3v) is 4.77. The van der Waals surface area contributed by atoms with Crippen molar-refractivity contribution >= 4 is 0 Å². The number of benzene rings is 2. The van der Waals surface area contributed by atoms with Gasteiger partial charge in [-0.2, -0.15) is 0 Å². The average Bonchev–Trinajstić information content (AvgIpc) is 2.72. The summed E-state index contributed by atoms with van der Waals surface area (Å²) in [7, 11) is 0. The maximum absolute atomic E-state index is 4.53. The quantitative estimate of drug-likeness (QED) is 0.466. The van der Waals surface area contributed by atoms with Gasteiger partial charge in [-0.1, -0.05) is 75.2 Å². The number of unbranched alkanes of at least 4 members (excludes halogenated alkanes) is 2. The molecule has 0 amide bonds. The zero-order valence-electron chi connectivity index (χ0n) is 15.9. The van der Waals surface area contributed by atoms with Gasteiger partial charge in [0.05, 0.1) is 0 Å². The summed E-state index contributed by atoms with van der Waals surface area (Å²) in [5.74, 6) is 0.798. The Hall–Kier alpha value is -2.48. The summed E-state index contributed by atoms with van der Waals surface area (Å²) in [6, 6.07) is 17.5. The van der Waals surface area contributed by atoms with Crippen molar-refractivity contribution in [2.75, 3.05) is 0 Å². The number of rotatable bonds is 8. The Balaban J connectivity index is 1.69. The van der Waals surface area contributed by atoms with Crippen LogP contribution >= 0.6 is 0 Å². The van der Waals surface area contributed by atoms with Crippen LogP contribution in [0.5, 0.6) is 0 Å². The SMILES string of the molecule is CCCCc1ccc(-c2ccc(-c3ncc(CCCC)cn3)cc2)cc1. The molecule has 0 N–H and O–H groups in total. The molecule has 0 radical (unpaired) electrons. The van der Waals surface area contributed by atoms with E-state index in [9.17, 15) is 0 Å². The summed E-state index contributed by atoms with van der Waals surface area (Å²) >= 11 is 0. The molecule has 1 heterocycles. The van der Waals surface area contributed by atoms with E-state index in [-0.39, 0.29) is 0 Å². The first kappa shape index (κ1) is 18.3. The number of aryl methyl sites for hydroxylation is 2. The fraction of sp³-hybridized carbons (Fsp3) is 0.333. The topological polar surface area (TPSA) is 25.8 Å². The van der Waals surface area contributed by atoms with Crippen molar-refractivity contribution in [3.63, 3.8) is 0 Å². The highest BCUT2D eigenvalue weighted by Gasteiger charge is 2.04. The van der Waals surface area contributed by atoms with E-state index in [1.54, 1.807) is 0 Å². The Labute approximate surface area is 157 Å². The average molecular weight is 345 g/mol. The fourth-order valence-electron chi connectivity index (χ4n) is 3.07. The number of aromatic nitrogens is 2. The van der Waals surface area contributed by atoms with Crippen molar-refractivity contribution in [1.82, 2.24) is 9.97 Å². The van der Waals surface area contributed by atoms with Crippen LogP contribution in [0.2, 0.25) is 0 Å². The van der Waals surface area contributed by atoms with Crippen LogP contribution in [0, 0.1) is 0 Å². The van der Waals surface area contributed by atoms with Crippen LogP contribution in [0.3, 0.4) is 0 Å². The second kappa shape index (κ2) is 9.28. The minimum Gasteiger partial charge on any atom is -0.236 e. The Bertz CT molecular complexity index is 717. The summed E-state index contributed by atoms with van der Waals surface area (Å²) in [5.41, 5.74) is 6.19. The van der Waals surface area contributed by atoms with Crippen LogP contribution in [-0.2, 0) is 12.8 Å². The lowest BCUT2D eigenvalue weighted by atomic mass is 10.0. The summed E-state index contributed by atoms with van der Waals surface area (Å²) in [6.45, 7) is 4.44. The van der Waals surface area contributed by atoms with E-state index < -0.39 is 0 Å². The van der Waals surface area contributed by atoms with Gasteiger partial charge in [-0.3, -0.25) is 0 Å². The molecule has 3 rings (SSSR count). The van der Waals surface area contributed by atoms with Crippen molar-refractivity contribution in [1.29, 1.82) is 0 Å². The molecule has 0 bridgehead atoms. The Morgan fingerprint density at radius 1 is 0.577 bits per heavy atom. The number of nitrogens with zero attached hydrogens (tertiary/aromatic N) is 2. The molecular formula is C24H28N2. The minimum absolute atomic E-state index is 0.798. The lowest BCUT2D eigenvalue weighted by Crippen LogP contribution is -1.93. The lowest BCUT2D eigenvalue weighted by Gasteiger charge is -2.06. The van der Waals surface area contributed by atoms with E-state index >= 15 is 0 Å². The third kappa shape index (κ3) is 4.78. The van der Waals surface area contributed by atoms with Crippen molar-refractivity contribution in [3.05, 3.63) is 72.1 Å². The van der Waals surface area contributed by atoms with Gasteiger partial charge in [-0.25, -0.2) is 9.97 Å². The van der Waals surface area contributed by atoms with Crippen LogP contribution in [0.4, 0.5) is 0 Å². The first-order chi connectivity index (χ1) is 12.8. The molecule has 0 aliphatic carbocycles. The molecule has 2 nitrogen and oxygen atoms in total. The highest BCUT2D eigenvalue weighted by Crippen LogP contribution is 2.24. The molecule has 0 spiro atoms. The molecule has 0 aliphatic heterocycles.